The molecule has 0 amide bonds. The Morgan fingerprint density at radius 3 is 2.70 bits per heavy atom. The fraction of sp³-hybridized carbons (Fsp3) is 0.250. The van der Waals surface area contributed by atoms with Crippen molar-refractivity contribution in [2.75, 3.05) is 6.26 Å². The van der Waals surface area contributed by atoms with Crippen molar-refractivity contribution >= 4 is 27.7 Å². The van der Waals surface area contributed by atoms with Crippen LogP contribution in [0.2, 0.25) is 0 Å². The summed E-state index contributed by atoms with van der Waals surface area (Å²) in [6, 6.07) is 8.32. The van der Waals surface area contributed by atoms with Crippen molar-refractivity contribution in [3.05, 3.63) is 34.3 Å². The van der Waals surface area contributed by atoms with Gasteiger partial charge in [-0.2, -0.15) is 11.8 Å². The highest BCUT2D eigenvalue weighted by Gasteiger charge is 1.94. The van der Waals surface area contributed by atoms with E-state index < -0.39 is 0 Å². The first-order chi connectivity index (χ1) is 4.84. The lowest BCUT2D eigenvalue weighted by molar-refractivity contribution is 1.38. The molecule has 0 radical (unpaired) electrons. The molecule has 10 heavy (non-hydrogen) atoms. The third-order valence-corrected chi connectivity index (χ3v) is 2.63. The SMILES string of the molecule is CSCc1ccccc1Br. The Kier molecular flexibility index (Phi) is 3.29. The molecule has 0 atom stereocenters. The molecule has 0 aromatic heterocycles. The number of benzene rings is 1. The van der Waals surface area contributed by atoms with Gasteiger partial charge in [-0.25, -0.2) is 0 Å². The summed E-state index contributed by atoms with van der Waals surface area (Å²) in [6.45, 7) is 0. The van der Waals surface area contributed by atoms with Gasteiger partial charge >= 0.3 is 0 Å². The Morgan fingerprint density at radius 1 is 1.40 bits per heavy atom. The van der Waals surface area contributed by atoms with Crippen molar-refractivity contribution in [1.82, 2.24) is 0 Å². The predicted molar refractivity (Wildman–Crippen MR) is 51.4 cm³/mol. The predicted octanol–water partition coefficient (Wildman–Crippen LogP) is 3.31. The van der Waals surface area contributed by atoms with Crippen LogP contribution < -0.4 is 0 Å². The topological polar surface area (TPSA) is 0 Å². The van der Waals surface area contributed by atoms with E-state index in [2.05, 4.69) is 40.4 Å². The third kappa shape index (κ3) is 2.03. The average molecular weight is 217 g/mol. The first kappa shape index (κ1) is 8.15. The maximum absolute atomic E-state index is 3.48. The minimum absolute atomic E-state index is 1.08. The Hall–Kier alpha value is 0.0500. The van der Waals surface area contributed by atoms with Crippen molar-refractivity contribution in [1.29, 1.82) is 0 Å². The molecule has 0 bridgehead atoms. The van der Waals surface area contributed by atoms with Gasteiger partial charge < -0.3 is 0 Å². The van der Waals surface area contributed by atoms with Gasteiger partial charge in [-0.3, -0.25) is 0 Å². The van der Waals surface area contributed by atoms with Crippen molar-refractivity contribution in [2.24, 2.45) is 0 Å². The molecule has 0 heterocycles. The van der Waals surface area contributed by atoms with Crippen LogP contribution in [0.15, 0.2) is 28.7 Å². The van der Waals surface area contributed by atoms with Gasteiger partial charge in [-0.05, 0) is 17.9 Å². The van der Waals surface area contributed by atoms with Crippen LogP contribution in [0.4, 0.5) is 0 Å². The lowest BCUT2D eigenvalue weighted by Gasteiger charge is -1.99. The van der Waals surface area contributed by atoms with Crippen molar-refractivity contribution in [3.8, 4) is 0 Å². The summed E-state index contributed by atoms with van der Waals surface area (Å²) in [5, 5.41) is 0. The molecule has 1 aromatic carbocycles. The van der Waals surface area contributed by atoms with E-state index in [0.29, 0.717) is 0 Å². The molecule has 0 nitrogen and oxygen atoms in total. The zero-order chi connectivity index (χ0) is 7.40. The standard InChI is InChI=1S/C8H9BrS/c1-10-6-7-4-2-3-5-8(7)9/h2-5H,6H2,1H3. The van der Waals surface area contributed by atoms with Crippen molar-refractivity contribution in [2.45, 2.75) is 5.75 Å². The van der Waals surface area contributed by atoms with Gasteiger partial charge in [0.2, 0.25) is 0 Å². The fourth-order valence-corrected chi connectivity index (χ4v) is 1.94. The second-order valence-electron chi connectivity index (χ2n) is 2.02. The van der Waals surface area contributed by atoms with Gasteiger partial charge in [0.25, 0.3) is 0 Å². The van der Waals surface area contributed by atoms with Gasteiger partial charge in [0.05, 0.1) is 0 Å². The molecule has 0 N–H and O–H groups in total. The molecule has 0 aliphatic heterocycles. The van der Waals surface area contributed by atoms with E-state index in [9.17, 15) is 0 Å². The normalized spacial score (nSPS) is 9.80. The first-order valence-corrected chi connectivity index (χ1v) is 5.25. The van der Waals surface area contributed by atoms with Crippen LogP contribution in [-0.2, 0) is 5.75 Å². The molecule has 0 aliphatic rings. The van der Waals surface area contributed by atoms with E-state index in [1.54, 1.807) is 0 Å². The number of thioether (sulfide) groups is 1. The Bertz CT molecular complexity index is 210. The van der Waals surface area contributed by atoms with E-state index in [4.69, 9.17) is 0 Å². The molecule has 1 aromatic rings. The van der Waals surface area contributed by atoms with Crippen LogP contribution in [0.5, 0.6) is 0 Å². The molecule has 0 unspecified atom stereocenters. The minimum atomic E-state index is 1.08. The summed E-state index contributed by atoms with van der Waals surface area (Å²) in [6.07, 6.45) is 2.11. The molecule has 0 spiro atoms. The summed E-state index contributed by atoms with van der Waals surface area (Å²) >= 11 is 5.32. The molecular weight excluding hydrogens is 208 g/mol. The summed E-state index contributed by atoms with van der Waals surface area (Å²) in [5.74, 6) is 1.08. The molecule has 2 heteroatoms. The Balaban J connectivity index is 2.81. The van der Waals surface area contributed by atoms with Crippen molar-refractivity contribution in [3.63, 3.8) is 0 Å². The van der Waals surface area contributed by atoms with Gasteiger partial charge in [-0.15, -0.1) is 0 Å². The smallest absolute Gasteiger partial charge is 0.0215 e. The second-order valence-corrected chi connectivity index (χ2v) is 3.74. The van der Waals surface area contributed by atoms with Gasteiger partial charge in [0.1, 0.15) is 0 Å². The van der Waals surface area contributed by atoms with Crippen LogP contribution in [0.25, 0.3) is 0 Å². The quantitative estimate of drug-likeness (QED) is 0.732. The summed E-state index contributed by atoms with van der Waals surface area (Å²) in [5.41, 5.74) is 1.37. The number of hydrogen-bond acceptors (Lipinski definition) is 1. The van der Waals surface area contributed by atoms with Crippen LogP contribution in [0, 0.1) is 0 Å². The molecule has 1 rings (SSSR count). The minimum Gasteiger partial charge on any atom is -0.161 e. The molecule has 0 aliphatic carbocycles. The fourth-order valence-electron chi connectivity index (χ4n) is 0.771. The lowest BCUT2D eigenvalue weighted by atomic mass is 10.2. The van der Waals surface area contributed by atoms with Crippen molar-refractivity contribution < 1.29 is 0 Å². The van der Waals surface area contributed by atoms with E-state index in [1.807, 2.05) is 17.8 Å². The Morgan fingerprint density at radius 2 is 2.10 bits per heavy atom. The Labute approximate surface area is 74.2 Å². The third-order valence-electron chi connectivity index (χ3n) is 1.26. The van der Waals surface area contributed by atoms with Crippen LogP contribution in [0.1, 0.15) is 5.56 Å². The largest absolute Gasteiger partial charge is 0.161 e. The second kappa shape index (κ2) is 4.04. The van der Waals surface area contributed by atoms with E-state index in [-0.39, 0.29) is 0 Å². The number of hydrogen-bond donors (Lipinski definition) is 0. The number of rotatable bonds is 2. The van der Waals surface area contributed by atoms with E-state index in [0.717, 1.165) is 5.75 Å². The summed E-state index contributed by atoms with van der Waals surface area (Å²) < 4.78 is 1.21. The maximum atomic E-state index is 3.48. The number of halogens is 1. The highest BCUT2D eigenvalue weighted by molar-refractivity contribution is 9.10. The summed E-state index contributed by atoms with van der Waals surface area (Å²) in [7, 11) is 0. The molecule has 54 valence electrons. The van der Waals surface area contributed by atoms with E-state index >= 15 is 0 Å². The maximum Gasteiger partial charge on any atom is 0.0215 e. The lowest BCUT2D eigenvalue weighted by Crippen LogP contribution is -1.79. The van der Waals surface area contributed by atoms with Crippen LogP contribution in [-0.4, -0.2) is 6.26 Å². The van der Waals surface area contributed by atoms with Gasteiger partial charge in [0, 0.05) is 10.2 Å². The monoisotopic (exact) mass is 216 g/mol. The highest BCUT2D eigenvalue weighted by Crippen LogP contribution is 2.19. The molecule has 0 saturated heterocycles. The molecular formula is C8H9BrS. The van der Waals surface area contributed by atoms with Crippen LogP contribution >= 0.6 is 27.7 Å². The van der Waals surface area contributed by atoms with Crippen LogP contribution in [0.3, 0.4) is 0 Å². The average Bonchev–Trinajstić information content (AvgIpc) is 1.94. The first-order valence-electron chi connectivity index (χ1n) is 3.07. The van der Waals surface area contributed by atoms with Gasteiger partial charge in [-0.1, -0.05) is 34.1 Å². The van der Waals surface area contributed by atoms with Gasteiger partial charge in [0.15, 0.2) is 0 Å². The highest BCUT2D eigenvalue weighted by atomic mass is 79.9. The zero-order valence-corrected chi connectivity index (χ0v) is 8.21. The summed E-state index contributed by atoms with van der Waals surface area (Å²) in [4.78, 5) is 0. The molecule has 0 saturated carbocycles. The molecule has 0 fully saturated rings. The zero-order valence-electron chi connectivity index (χ0n) is 5.80. The van der Waals surface area contributed by atoms with E-state index in [1.165, 1.54) is 10.0 Å².